The standard InChI is InChI=1S/C17H14BrNO3S/c1-11-14-8-7-13(9-15(14)16(18)10-17(11)20)23(21,22)19-12-5-3-2-4-6-12/h2-10,19-20H,1H3. The van der Waals surface area contributed by atoms with Crippen molar-refractivity contribution >= 4 is 42.4 Å². The number of para-hydroxylation sites is 1. The first-order chi connectivity index (χ1) is 10.9. The van der Waals surface area contributed by atoms with E-state index in [4.69, 9.17) is 0 Å². The molecule has 0 saturated heterocycles. The van der Waals surface area contributed by atoms with E-state index in [-0.39, 0.29) is 10.6 Å². The number of halogens is 1. The topological polar surface area (TPSA) is 66.4 Å². The van der Waals surface area contributed by atoms with Crippen molar-refractivity contribution in [2.75, 3.05) is 4.72 Å². The highest BCUT2D eigenvalue weighted by molar-refractivity contribution is 9.10. The Kier molecular flexibility index (Phi) is 4.04. The Morgan fingerprint density at radius 2 is 1.70 bits per heavy atom. The van der Waals surface area contributed by atoms with Crippen LogP contribution in [-0.4, -0.2) is 13.5 Å². The van der Waals surface area contributed by atoms with E-state index in [1.807, 2.05) is 6.07 Å². The van der Waals surface area contributed by atoms with Crippen LogP contribution in [0.25, 0.3) is 10.8 Å². The van der Waals surface area contributed by atoms with Gasteiger partial charge in [0.05, 0.1) is 4.90 Å². The summed E-state index contributed by atoms with van der Waals surface area (Å²) in [5, 5.41) is 11.4. The first kappa shape index (κ1) is 15.8. The zero-order chi connectivity index (χ0) is 16.6. The molecule has 3 aromatic carbocycles. The van der Waals surface area contributed by atoms with Crippen molar-refractivity contribution in [3.63, 3.8) is 0 Å². The number of benzene rings is 3. The first-order valence-corrected chi connectivity index (χ1v) is 9.16. The molecule has 0 unspecified atom stereocenters. The minimum atomic E-state index is -3.68. The number of hydrogen-bond donors (Lipinski definition) is 2. The number of rotatable bonds is 3. The fourth-order valence-electron chi connectivity index (χ4n) is 2.38. The Morgan fingerprint density at radius 1 is 1.00 bits per heavy atom. The minimum absolute atomic E-state index is 0.166. The molecule has 0 aliphatic heterocycles. The second-order valence-electron chi connectivity index (χ2n) is 5.18. The zero-order valence-corrected chi connectivity index (χ0v) is 14.6. The Hall–Kier alpha value is -2.05. The second kappa shape index (κ2) is 5.86. The molecule has 0 fully saturated rings. The van der Waals surface area contributed by atoms with Crippen LogP contribution in [0.15, 0.2) is 64.0 Å². The van der Waals surface area contributed by atoms with Gasteiger partial charge in [0.1, 0.15) is 5.75 Å². The van der Waals surface area contributed by atoms with Crippen LogP contribution in [0.1, 0.15) is 5.56 Å². The van der Waals surface area contributed by atoms with Crippen LogP contribution in [0.5, 0.6) is 5.75 Å². The van der Waals surface area contributed by atoms with Gasteiger partial charge in [0.2, 0.25) is 0 Å². The molecule has 23 heavy (non-hydrogen) atoms. The molecule has 0 aromatic heterocycles. The van der Waals surface area contributed by atoms with Crippen molar-refractivity contribution in [1.29, 1.82) is 0 Å². The summed E-state index contributed by atoms with van der Waals surface area (Å²) in [4.78, 5) is 0.166. The van der Waals surface area contributed by atoms with Gasteiger partial charge in [-0.15, -0.1) is 0 Å². The van der Waals surface area contributed by atoms with E-state index in [0.717, 1.165) is 10.8 Å². The second-order valence-corrected chi connectivity index (χ2v) is 7.72. The molecule has 0 aliphatic rings. The Bertz CT molecular complexity index is 986. The van der Waals surface area contributed by atoms with E-state index in [0.29, 0.717) is 15.7 Å². The average Bonchev–Trinajstić information content (AvgIpc) is 2.53. The third-order valence-corrected chi connectivity index (χ3v) is 5.67. The van der Waals surface area contributed by atoms with E-state index in [1.54, 1.807) is 49.4 Å². The van der Waals surface area contributed by atoms with E-state index in [2.05, 4.69) is 20.7 Å². The highest BCUT2D eigenvalue weighted by Crippen LogP contribution is 2.34. The van der Waals surface area contributed by atoms with Gasteiger partial charge in [-0.2, -0.15) is 0 Å². The molecule has 4 nitrogen and oxygen atoms in total. The lowest BCUT2D eigenvalue weighted by molar-refractivity contribution is 0.472. The van der Waals surface area contributed by atoms with Gasteiger partial charge in [0, 0.05) is 10.2 Å². The number of hydrogen-bond acceptors (Lipinski definition) is 3. The Labute approximate surface area is 143 Å². The molecule has 0 heterocycles. The maximum atomic E-state index is 12.5. The molecule has 3 aromatic rings. The number of anilines is 1. The fourth-order valence-corrected chi connectivity index (χ4v) is 4.01. The summed E-state index contributed by atoms with van der Waals surface area (Å²) in [5.74, 6) is 0.169. The summed E-state index contributed by atoms with van der Waals surface area (Å²) < 4.78 is 28.3. The highest BCUT2D eigenvalue weighted by atomic mass is 79.9. The monoisotopic (exact) mass is 391 g/mol. The van der Waals surface area contributed by atoms with Crippen molar-refractivity contribution in [3.05, 3.63) is 64.6 Å². The minimum Gasteiger partial charge on any atom is -0.508 e. The third-order valence-electron chi connectivity index (χ3n) is 3.64. The molecule has 3 rings (SSSR count). The molecule has 6 heteroatoms. The molecule has 0 spiro atoms. The van der Waals surface area contributed by atoms with Crippen LogP contribution in [0.4, 0.5) is 5.69 Å². The van der Waals surface area contributed by atoms with Crippen molar-refractivity contribution in [3.8, 4) is 5.75 Å². The number of sulfonamides is 1. The number of aryl methyl sites for hydroxylation is 1. The summed E-state index contributed by atoms with van der Waals surface area (Å²) in [5.41, 5.74) is 1.22. The molecule has 0 radical (unpaired) electrons. The molecule has 0 amide bonds. The highest BCUT2D eigenvalue weighted by Gasteiger charge is 2.16. The lowest BCUT2D eigenvalue weighted by Gasteiger charge is -2.11. The average molecular weight is 392 g/mol. The Morgan fingerprint density at radius 3 is 2.39 bits per heavy atom. The largest absolute Gasteiger partial charge is 0.508 e. The molecule has 0 aliphatic carbocycles. The van der Waals surface area contributed by atoms with Gasteiger partial charge < -0.3 is 5.11 Å². The summed E-state index contributed by atoms with van der Waals surface area (Å²) in [6, 6.07) is 15.1. The predicted molar refractivity (Wildman–Crippen MR) is 95.3 cm³/mol. The lowest BCUT2D eigenvalue weighted by Crippen LogP contribution is -2.12. The maximum Gasteiger partial charge on any atom is 0.261 e. The number of phenols is 1. The SMILES string of the molecule is Cc1c(O)cc(Br)c2cc(S(=O)(=O)Nc3ccccc3)ccc12. The third kappa shape index (κ3) is 3.04. The summed E-state index contributed by atoms with van der Waals surface area (Å²) in [7, 11) is -3.68. The zero-order valence-electron chi connectivity index (χ0n) is 12.2. The van der Waals surface area contributed by atoms with Crippen molar-refractivity contribution < 1.29 is 13.5 Å². The fraction of sp³-hybridized carbons (Fsp3) is 0.0588. The van der Waals surface area contributed by atoms with Gasteiger partial charge in [-0.1, -0.05) is 40.2 Å². The van der Waals surface area contributed by atoms with Gasteiger partial charge >= 0.3 is 0 Å². The molecule has 0 bridgehead atoms. The predicted octanol–water partition coefficient (Wildman–Crippen LogP) is 4.42. The van der Waals surface area contributed by atoms with Gasteiger partial charge in [-0.25, -0.2) is 8.42 Å². The molecule has 118 valence electrons. The van der Waals surface area contributed by atoms with Crippen LogP contribution in [0, 0.1) is 6.92 Å². The summed E-state index contributed by atoms with van der Waals surface area (Å²) in [6.07, 6.45) is 0. The smallest absolute Gasteiger partial charge is 0.261 e. The Balaban J connectivity index is 2.10. The lowest BCUT2D eigenvalue weighted by atomic mass is 10.0. The first-order valence-electron chi connectivity index (χ1n) is 6.88. The molecular formula is C17H14BrNO3S. The molecule has 2 N–H and O–H groups in total. The van der Waals surface area contributed by atoms with Crippen molar-refractivity contribution in [1.82, 2.24) is 0 Å². The molecular weight excluding hydrogens is 378 g/mol. The summed E-state index contributed by atoms with van der Waals surface area (Å²) >= 11 is 3.37. The van der Waals surface area contributed by atoms with E-state index >= 15 is 0 Å². The van der Waals surface area contributed by atoms with Crippen LogP contribution < -0.4 is 4.72 Å². The van der Waals surface area contributed by atoms with Gasteiger partial charge in [0.25, 0.3) is 10.0 Å². The van der Waals surface area contributed by atoms with Gasteiger partial charge in [-0.05, 0) is 53.6 Å². The van der Waals surface area contributed by atoms with Gasteiger partial charge in [0.15, 0.2) is 0 Å². The number of nitrogens with one attached hydrogen (secondary N) is 1. The van der Waals surface area contributed by atoms with Gasteiger partial charge in [-0.3, -0.25) is 4.72 Å². The van der Waals surface area contributed by atoms with Crippen molar-refractivity contribution in [2.24, 2.45) is 0 Å². The normalized spacial score (nSPS) is 11.6. The molecule has 0 saturated carbocycles. The van der Waals surface area contributed by atoms with Crippen LogP contribution >= 0.6 is 15.9 Å². The van der Waals surface area contributed by atoms with E-state index in [1.165, 1.54) is 6.07 Å². The summed E-state index contributed by atoms with van der Waals surface area (Å²) in [6.45, 7) is 1.79. The van der Waals surface area contributed by atoms with E-state index in [9.17, 15) is 13.5 Å². The number of aromatic hydroxyl groups is 1. The number of fused-ring (bicyclic) bond motifs is 1. The quantitative estimate of drug-likeness (QED) is 0.694. The van der Waals surface area contributed by atoms with Crippen molar-refractivity contribution in [2.45, 2.75) is 11.8 Å². The number of phenolic OH excluding ortho intramolecular Hbond substituents is 1. The van der Waals surface area contributed by atoms with Crippen LogP contribution in [0.2, 0.25) is 0 Å². The molecule has 0 atom stereocenters. The van der Waals surface area contributed by atoms with Crippen LogP contribution in [0.3, 0.4) is 0 Å². The van der Waals surface area contributed by atoms with Crippen LogP contribution in [-0.2, 0) is 10.0 Å². The van der Waals surface area contributed by atoms with E-state index < -0.39 is 10.0 Å². The maximum absolute atomic E-state index is 12.5.